The minimum atomic E-state index is -2.45. The molecule has 24 aliphatic rings. The number of carbonyl (C=O) groups is 2. The van der Waals surface area contributed by atoms with E-state index in [9.17, 15) is 122 Å². The van der Waals surface area contributed by atoms with Crippen molar-refractivity contribution >= 4 is 11.8 Å². The summed E-state index contributed by atoms with van der Waals surface area (Å²) in [6.07, 6.45) is -78.9. The van der Waals surface area contributed by atoms with Crippen LogP contribution in [0, 0.1) is 0 Å². The third-order valence-electron chi connectivity index (χ3n) is 17.7. The highest BCUT2D eigenvalue weighted by Gasteiger charge is 2.60. The average molecular weight is 1380 g/mol. The number of hydrogen-bond acceptors (Lipinski definition) is 40. The van der Waals surface area contributed by atoms with Gasteiger partial charge in [0.2, 0.25) is 11.8 Å². The highest BCUT2D eigenvalue weighted by molar-refractivity contribution is 5.73. The van der Waals surface area contributed by atoms with Gasteiger partial charge < -0.3 is 199 Å². The van der Waals surface area contributed by atoms with E-state index in [1.807, 2.05) is 0 Å². The number of hydrogen-bond donors (Lipinski definition) is 24. The summed E-state index contributed by atoms with van der Waals surface area (Å²) in [7, 11) is 0. The van der Waals surface area contributed by atoms with Crippen LogP contribution < -0.4 is 10.6 Å². The van der Waals surface area contributed by atoms with E-state index in [1.165, 1.54) is 0 Å². The molecule has 42 nitrogen and oxygen atoms in total. The maximum atomic E-state index is 12.4. The van der Waals surface area contributed by atoms with E-state index < -0.39 is 310 Å². The molecule has 24 rings (SSSR count). The number of amides is 2. The monoisotopic (exact) mass is 1380 g/mol. The van der Waals surface area contributed by atoms with E-state index in [4.69, 9.17) is 75.8 Å². The summed E-state index contributed by atoms with van der Waals surface area (Å²) in [5, 5.41) is 251. The lowest BCUT2D eigenvalue weighted by Gasteiger charge is -2.51. The highest BCUT2D eigenvalue weighted by atomic mass is 16.8. The fourth-order valence-corrected chi connectivity index (χ4v) is 12.5. The lowest BCUT2D eigenvalue weighted by molar-refractivity contribution is -0.406. The second kappa shape index (κ2) is 32.4. The molecular formula is C52H86N2O40. The first-order chi connectivity index (χ1) is 44.6. The van der Waals surface area contributed by atoms with Crippen LogP contribution in [-0.2, 0) is 85.4 Å². The summed E-state index contributed by atoms with van der Waals surface area (Å²) in [4.78, 5) is 24.8. The number of aliphatic hydroxyl groups excluding tert-OH is 22. The summed E-state index contributed by atoms with van der Waals surface area (Å²) >= 11 is 0. The Hall–Kier alpha value is -2.58. The van der Waals surface area contributed by atoms with Crippen molar-refractivity contribution in [1.29, 1.82) is 0 Å². The standard InChI is InChI=1S/C52H86N2O40/c1-11(61)53-21-25(65)23(63)13(3-55)81-45(21)79-9-19-43-32(72)38(78)52(88-19)94-44-20(10-80-46-22(54-12(2)62)26(66)24(64)14(4-56)82-46)87-51(37(77)31(44)71)92-42-18(8-60)85-49(35(75)29(42)69)90-40-16(6-58)83-47(33(73)27(40)67)89-39-15(5-57)84-48(34(74)28(39)68)91-41-17(7-59)86-50(93-43)36(76)30(41)70/h13-52,55-60,63-78H,3-10H2,1-2H3,(H,53,61)(H,54,62)/t13-,14-,15-,16-,17-,18-,19-,20-,21-,22-,23-,24-,25-,26-,27-,28-,29-,30-,31-,32-,33-,34-,35-,36-,37-,38-,39-,40-,41-,42-,43-,44-,45-,46-,47-,48-,49-,50-,51-,52-/m1/s1. The molecule has 0 aromatic rings. The van der Waals surface area contributed by atoms with Crippen molar-refractivity contribution in [2.75, 3.05) is 52.9 Å². The van der Waals surface area contributed by atoms with E-state index in [0.717, 1.165) is 13.8 Å². The van der Waals surface area contributed by atoms with Gasteiger partial charge in [-0.25, -0.2) is 0 Å². The van der Waals surface area contributed by atoms with Crippen molar-refractivity contribution < 1.29 is 198 Å². The van der Waals surface area contributed by atoms with Crippen molar-refractivity contribution in [3.8, 4) is 0 Å². The van der Waals surface area contributed by atoms with E-state index >= 15 is 0 Å². The molecule has 0 spiro atoms. The lowest BCUT2D eigenvalue weighted by atomic mass is 9.94. The largest absolute Gasteiger partial charge is 0.394 e. The number of rotatable bonds is 14. The summed E-state index contributed by atoms with van der Waals surface area (Å²) in [5.74, 6) is -1.61. The van der Waals surface area contributed by atoms with E-state index in [-0.39, 0.29) is 0 Å². The first-order valence-electron chi connectivity index (χ1n) is 30.1. The molecule has 24 aliphatic heterocycles. The van der Waals surface area contributed by atoms with Gasteiger partial charge in [0, 0.05) is 13.8 Å². The average Bonchev–Trinajstić information content (AvgIpc) is 0.778. The fraction of sp³-hybridized carbons (Fsp3) is 0.962. The number of aliphatic hydroxyl groups is 22. The van der Waals surface area contributed by atoms with Crippen molar-refractivity contribution in [1.82, 2.24) is 10.6 Å². The van der Waals surface area contributed by atoms with Crippen LogP contribution in [0.25, 0.3) is 0 Å². The molecular weight excluding hydrogens is 1290 g/mol. The zero-order valence-electron chi connectivity index (χ0n) is 49.9. The molecule has 0 aromatic carbocycles. The molecule has 544 valence electrons. The van der Waals surface area contributed by atoms with Crippen molar-refractivity contribution in [2.24, 2.45) is 0 Å². The Kier molecular flexibility index (Phi) is 26.1. The molecule has 24 saturated heterocycles. The molecule has 24 fully saturated rings. The zero-order valence-corrected chi connectivity index (χ0v) is 49.9. The van der Waals surface area contributed by atoms with Crippen LogP contribution in [0.4, 0.5) is 0 Å². The van der Waals surface area contributed by atoms with Gasteiger partial charge in [-0.2, -0.15) is 0 Å². The Morgan fingerprint density at radius 1 is 0.266 bits per heavy atom. The summed E-state index contributed by atoms with van der Waals surface area (Å²) in [6, 6.07) is -3.29. The van der Waals surface area contributed by atoms with E-state index in [0.29, 0.717) is 0 Å². The molecule has 42 heteroatoms. The van der Waals surface area contributed by atoms with Crippen LogP contribution in [0.15, 0.2) is 0 Å². The first kappa shape index (κ1) is 75.6. The quantitative estimate of drug-likeness (QED) is 0.0768. The number of nitrogens with one attached hydrogen (secondary N) is 2. The van der Waals surface area contributed by atoms with Gasteiger partial charge in [-0.05, 0) is 0 Å². The van der Waals surface area contributed by atoms with Gasteiger partial charge in [-0.3, -0.25) is 9.59 Å². The van der Waals surface area contributed by atoms with Gasteiger partial charge in [-0.1, -0.05) is 0 Å². The fourth-order valence-electron chi connectivity index (χ4n) is 12.5. The van der Waals surface area contributed by atoms with Crippen LogP contribution in [-0.4, -0.2) is 423 Å². The van der Waals surface area contributed by atoms with Gasteiger partial charge in [0.25, 0.3) is 0 Å². The van der Waals surface area contributed by atoms with Crippen LogP contribution in [0.5, 0.6) is 0 Å². The van der Waals surface area contributed by atoms with E-state index in [1.54, 1.807) is 0 Å². The van der Waals surface area contributed by atoms with Crippen molar-refractivity contribution in [2.45, 2.75) is 259 Å². The number of ether oxygens (including phenoxy) is 16. The summed E-state index contributed by atoms with van der Waals surface area (Å²) in [6.45, 7) is -6.32. The molecule has 0 aromatic heterocycles. The first-order valence-corrected chi connectivity index (χ1v) is 30.1. The highest BCUT2D eigenvalue weighted by Crippen LogP contribution is 2.39. The maximum absolute atomic E-state index is 12.4. The van der Waals surface area contributed by atoms with Crippen LogP contribution in [0.3, 0.4) is 0 Å². The Balaban J connectivity index is 1.09. The summed E-state index contributed by atoms with van der Waals surface area (Å²) < 4.78 is 93.9. The minimum absolute atomic E-state index is 0.804. The predicted octanol–water partition coefficient (Wildman–Crippen LogP) is -17.1. The van der Waals surface area contributed by atoms with Gasteiger partial charge in [-0.15, -0.1) is 0 Å². The van der Waals surface area contributed by atoms with Gasteiger partial charge in [0.05, 0.1) is 52.9 Å². The molecule has 94 heavy (non-hydrogen) atoms. The van der Waals surface area contributed by atoms with E-state index in [2.05, 4.69) is 10.6 Å². The molecule has 2 amide bonds. The zero-order chi connectivity index (χ0) is 68.6. The molecule has 0 aliphatic carbocycles. The van der Waals surface area contributed by atoms with Crippen molar-refractivity contribution in [3.63, 3.8) is 0 Å². The molecule has 0 radical (unpaired) electrons. The summed E-state index contributed by atoms with van der Waals surface area (Å²) in [5.41, 5.74) is 0. The molecule has 12 bridgehead atoms. The molecule has 24 N–H and O–H groups in total. The normalized spacial score (nSPS) is 52.2. The molecule has 40 atom stereocenters. The molecule has 0 unspecified atom stereocenters. The number of carbonyl (C=O) groups excluding carboxylic acids is 2. The van der Waals surface area contributed by atoms with Crippen LogP contribution in [0.1, 0.15) is 13.8 Å². The second-order valence-corrected chi connectivity index (χ2v) is 24.0. The minimum Gasteiger partial charge on any atom is -0.394 e. The lowest BCUT2D eigenvalue weighted by Crippen LogP contribution is -2.69. The Labute approximate surface area is 531 Å². The van der Waals surface area contributed by atoms with Gasteiger partial charge >= 0.3 is 0 Å². The Morgan fingerprint density at radius 3 is 0.670 bits per heavy atom. The third-order valence-corrected chi connectivity index (χ3v) is 17.7. The molecule has 0 saturated carbocycles. The third kappa shape index (κ3) is 15.6. The van der Waals surface area contributed by atoms with Gasteiger partial charge in [0.15, 0.2) is 50.3 Å². The molecule has 24 heterocycles. The second-order valence-electron chi connectivity index (χ2n) is 24.0. The van der Waals surface area contributed by atoms with Crippen LogP contribution in [0.2, 0.25) is 0 Å². The smallest absolute Gasteiger partial charge is 0.217 e. The van der Waals surface area contributed by atoms with Crippen molar-refractivity contribution in [3.05, 3.63) is 0 Å². The Morgan fingerprint density at radius 2 is 0.468 bits per heavy atom. The van der Waals surface area contributed by atoms with Gasteiger partial charge in [0.1, 0.15) is 195 Å². The Bertz CT molecular complexity index is 2340. The topological polar surface area (TPSA) is 651 Å². The SMILES string of the molecule is CC(=O)N[C@H]1[C@H](OC[C@H]2O[C@@H]3O[C@H]4[C@H](O)[C@@H](O)[C@@H](O[C@H]5[C@H](O)[C@@H](O)[C@@H](O[C@H]6[C@H](O)[C@@H](O)[C@@H](O[C@H]7[C@H](O)[C@@H](O)[C@@H](O[C@H]8[C@H](O)[C@@H](O)[C@@H](O[C@H]2[C@H](O)[C@H]3O)O[C@@H]8CO)O[C@@H]7CO)O[C@@H]6CO)O[C@@H]5CO)O[C@@H]4CO[C@@H]2O[C@H](CO)[C@@H](O)[C@H](O)[C@H]2NC(C)=O)O[C@H](CO)[C@@H](O)[C@@H]1O. The predicted molar refractivity (Wildman–Crippen MR) is 284 cm³/mol. The van der Waals surface area contributed by atoms with Crippen LogP contribution >= 0.6 is 0 Å². The maximum Gasteiger partial charge on any atom is 0.217 e.